The van der Waals surface area contributed by atoms with Gasteiger partial charge in [0.1, 0.15) is 12.1 Å². The minimum absolute atomic E-state index is 0.0360. The molecule has 0 bridgehead atoms. The van der Waals surface area contributed by atoms with E-state index in [1.807, 2.05) is 48.5 Å². The van der Waals surface area contributed by atoms with E-state index in [1.54, 1.807) is 0 Å². The van der Waals surface area contributed by atoms with E-state index in [2.05, 4.69) is 202 Å². The van der Waals surface area contributed by atoms with E-state index in [9.17, 15) is 10.5 Å². The topological polar surface area (TPSA) is 54.1 Å². The molecule has 0 aromatic heterocycles. The lowest BCUT2D eigenvalue weighted by molar-refractivity contribution is 0.590. The summed E-state index contributed by atoms with van der Waals surface area (Å²) in [6.45, 7) is 26.7. The lowest BCUT2D eigenvalue weighted by Crippen LogP contribution is -2.14. The summed E-state index contributed by atoms with van der Waals surface area (Å²) in [6, 6.07) is 55.7. The molecule has 0 atom stereocenters. The highest BCUT2D eigenvalue weighted by Crippen LogP contribution is 2.40. The zero-order valence-corrected chi connectivity index (χ0v) is 37.6. The van der Waals surface area contributed by atoms with Crippen LogP contribution >= 0.6 is 0 Å². The van der Waals surface area contributed by atoms with Crippen molar-refractivity contribution >= 4 is 45.3 Å². The molecular formula is C56H60N4. The Hall–Kier alpha value is -6.36. The maximum atomic E-state index is 10.6. The van der Waals surface area contributed by atoms with E-state index < -0.39 is 0 Å². The third kappa shape index (κ3) is 9.57. The molecule has 304 valence electrons. The molecule has 0 amide bonds. The van der Waals surface area contributed by atoms with Crippen LogP contribution in [0.5, 0.6) is 0 Å². The third-order valence-electron chi connectivity index (χ3n) is 11.3. The Morgan fingerprint density at radius 3 is 0.617 bits per heavy atom. The zero-order chi connectivity index (χ0) is 43.6. The van der Waals surface area contributed by atoms with Gasteiger partial charge in [0, 0.05) is 34.1 Å². The fourth-order valence-electron chi connectivity index (χ4n) is 7.42. The summed E-state index contributed by atoms with van der Waals surface area (Å²) in [5.41, 5.74) is 13.3. The average molecular weight is 789 g/mol. The second-order valence-electron chi connectivity index (χ2n) is 19.9. The van der Waals surface area contributed by atoms with Crippen molar-refractivity contribution in [1.29, 1.82) is 10.5 Å². The van der Waals surface area contributed by atoms with Gasteiger partial charge in [-0.25, -0.2) is 0 Å². The predicted molar refractivity (Wildman–Crippen MR) is 255 cm³/mol. The molecule has 4 nitrogen and oxygen atoms in total. The second-order valence-corrected chi connectivity index (χ2v) is 19.9. The van der Waals surface area contributed by atoms with Crippen LogP contribution in [0.1, 0.15) is 116 Å². The third-order valence-corrected chi connectivity index (χ3v) is 11.3. The Kier molecular flexibility index (Phi) is 12.0. The minimum atomic E-state index is 0.0360. The fourth-order valence-corrected chi connectivity index (χ4v) is 7.42. The molecule has 0 aliphatic carbocycles. The number of nitrogens with zero attached hydrogens (tertiary/aromatic N) is 4. The van der Waals surface area contributed by atoms with Crippen LogP contribution in [0.4, 0.5) is 34.1 Å². The van der Waals surface area contributed by atoms with E-state index in [0.29, 0.717) is 22.3 Å². The van der Waals surface area contributed by atoms with E-state index in [4.69, 9.17) is 0 Å². The highest BCUT2D eigenvalue weighted by atomic mass is 15.1. The fraction of sp³-hybridized carbons (Fsp3) is 0.286. The largest absolute Gasteiger partial charge is 0.311 e. The van der Waals surface area contributed by atoms with E-state index in [1.165, 1.54) is 22.3 Å². The van der Waals surface area contributed by atoms with Crippen LogP contribution in [0, 0.1) is 22.7 Å². The smallest absolute Gasteiger partial charge is 0.101 e. The molecule has 0 aliphatic heterocycles. The van der Waals surface area contributed by atoms with Crippen LogP contribution in [-0.4, -0.2) is 0 Å². The molecule has 6 aromatic rings. The molecule has 0 unspecified atom stereocenters. The van der Waals surface area contributed by atoms with Crippen LogP contribution in [-0.2, 0) is 21.7 Å². The van der Waals surface area contributed by atoms with Gasteiger partial charge in [0.25, 0.3) is 0 Å². The first kappa shape index (κ1) is 43.2. The summed E-state index contributed by atoms with van der Waals surface area (Å²) in [5.74, 6) is 0. The van der Waals surface area contributed by atoms with Gasteiger partial charge < -0.3 is 9.80 Å². The molecule has 60 heavy (non-hydrogen) atoms. The first-order valence-electron chi connectivity index (χ1n) is 21.0. The molecule has 0 fully saturated rings. The number of hydrogen-bond donors (Lipinski definition) is 0. The van der Waals surface area contributed by atoms with Gasteiger partial charge in [0.15, 0.2) is 0 Å². The summed E-state index contributed by atoms with van der Waals surface area (Å²) in [4.78, 5) is 4.48. The Morgan fingerprint density at radius 1 is 0.300 bits per heavy atom. The maximum absolute atomic E-state index is 10.6. The van der Waals surface area contributed by atoms with Gasteiger partial charge in [0.2, 0.25) is 0 Å². The van der Waals surface area contributed by atoms with Crippen LogP contribution in [0.25, 0.3) is 11.1 Å². The highest BCUT2D eigenvalue weighted by Gasteiger charge is 2.22. The molecular weight excluding hydrogens is 729 g/mol. The molecule has 0 saturated heterocycles. The minimum Gasteiger partial charge on any atom is -0.311 e. The summed E-state index contributed by atoms with van der Waals surface area (Å²) < 4.78 is 0. The molecule has 6 rings (SSSR count). The van der Waals surface area contributed by atoms with Crippen LogP contribution in [0.2, 0.25) is 0 Å². The number of allylic oxidation sites excluding steroid dienone is 2. The van der Waals surface area contributed by atoms with Gasteiger partial charge in [-0.1, -0.05) is 156 Å². The van der Waals surface area contributed by atoms with Gasteiger partial charge >= 0.3 is 0 Å². The summed E-state index contributed by atoms with van der Waals surface area (Å²) in [7, 11) is 0. The van der Waals surface area contributed by atoms with Crippen molar-refractivity contribution in [2.24, 2.45) is 0 Å². The van der Waals surface area contributed by atoms with Gasteiger partial charge in [-0.2, -0.15) is 10.5 Å². The lowest BCUT2D eigenvalue weighted by atomic mass is 9.86. The first-order valence-corrected chi connectivity index (χ1v) is 21.0. The van der Waals surface area contributed by atoms with Crippen molar-refractivity contribution in [2.45, 2.75) is 105 Å². The maximum Gasteiger partial charge on any atom is 0.101 e. The number of hydrogen-bond acceptors (Lipinski definition) is 4. The van der Waals surface area contributed by atoms with E-state index in [0.717, 1.165) is 34.1 Å². The Balaban J connectivity index is 1.37. The van der Waals surface area contributed by atoms with Crippen molar-refractivity contribution in [3.8, 4) is 12.1 Å². The average Bonchev–Trinajstić information content (AvgIpc) is 3.20. The Labute approximate surface area is 360 Å². The van der Waals surface area contributed by atoms with Crippen molar-refractivity contribution < 1.29 is 0 Å². The quantitative estimate of drug-likeness (QED) is 0.114. The predicted octanol–water partition coefficient (Wildman–Crippen LogP) is 15.8. The van der Waals surface area contributed by atoms with Crippen LogP contribution < -0.4 is 9.80 Å². The van der Waals surface area contributed by atoms with Crippen molar-refractivity contribution in [1.82, 2.24) is 0 Å². The zero-order valence-electron chi connectivity index (χ0n) is 37.6. The number of nitriles is 2. The highest BCUT2D eigenvalue weighted by molar-refractivity contribution is 6.03. The normalized spacial score (nSPS) is 12.6. The first-order chi connectivity index (χ1) is 28.2. The van der Waals surface area contributed by atoms with Crippen LogP contribution in [0.3, 0.4) is 0 Å². The molecule has 0 radical (unpaired) electrons. The van der Waals surface area contributed by atoms with E-state index in [-0.39, 0.29) is 21.7 Å². The molecule has 4 heteroatoms. The molecule has 0 spiro atoms. The molecule has 0 N–H and O–H groups in total. The number of anilines is 6. The van der Waals surface area contributed by atoms with Gasteiger partial charge in [-0.05, 0) is 128 Å². The lowest BCUT2D eigenvalue weighted by Gasteiger charge is -2.28. The number of rotatable bonds is 8. The van der Waals surface area contributed by atoms with Crippen LogP contribution in [0.15, 0.2) is 146 Å². The van der Waals surface area contributed by atoms with Crippen molar-refractivity contribution in [3.05, 3.63) is 179 Å². The standard InChI is InChI=1S/C56H60N4/c1-53(2,3)41-17-29-47(30-18-41)59(48-31-19-42(20-32-48)54(4,5)6)45-25-13-39(14-26-45)51(37-57)52(38-58)40-15-27-46(28-16-40)60(49-33-21-43(22-34-49)55(7,8)9)50-35-23-44(24-36-50)56(10,11)12/h13-36H,1-12H3/b52-51-. The Bertz CT molecular complexity index is 2220. The SMILES string of the molecule is CC(C)(C)c1ccc(N(c2ccc(/C(C#N)=C(/C#N)c3ccc(N(c4ccc(C(C)(C)C)cc4)c4ccc(C(C)(C)C)cc4)cc3)cc2)c2ccc(C(C)(C)C)cc2)cc1. The molecule has 0 saturated carbocycles. The van der Waals surface area contributed by atoms with Gasteiger partial charge in [-0.3, -0.25) is 0 Å². The molecule has 0 heterocycles. The molecule has 0 aliphatic rings. The summed E-state index contributed by atoms with van der Waals surface area (Å²) >= 11 is 0. The Morgan fingerprint density at radius 2 is 0.467 bits per heavy atom. The van der Waals surface area contributed by atoms with E-state index >= 15 is 0 Å². The van der Waals surface area contributed by atoms with Crippen molar-refractivity contribution in [3.63, 3.8) is 0 Å². The van der Waals surface area contributed by atoms with Gasteiger partial charge in [-0.15, -0.1) is 0 Å². The summed E-state index contributed by atoms with van der Waals surface area (Å²) in [6.07, 6.45) is 0. The van der Waals surface area contributed by atoms with Gasteiger partial charge in [0.05, 0.1) is 11.1 Å². The number of benzene rings is 6. The second kappa shape index (κ2) is 16.7. The molecule has 6 aromatic carbocycles. The summed E-state index contributed by atoms with van der Waals surface area (Å²) in [5, 5.41) is 21.2. The van der Waals surface area contributed by atoms with Crippen molar-refractivity contribution in [2.75, 3.05) is 9.80 Å². The monoisotopic (exact) mass is 788 g/mol.